The second-order valence-electron chi connectivity index (χ2n) is 13.3. The number of fused-ring (bicyclic) bond motifs is 1. The average molecular weight is 780 g/mol. The predicted molar refractivity (Wildman–Crippen MR) is 222 cm³/mol. The van der Waals surface area contributed by atoms with Crippen LogP contribution < -0.4 is 34.9 Å². The van der Waals surface area contributed by atoms with Gasteiger partial charge in [0.1, 0.15) is 36.3 Å². The molecule has 0 bridgehead atoms. The molecule has 0 aliphatic heterocycles. The van der Waals surface area contributed by atoms with Crippen LogP contribution in [0.2, 0.25) is 0 Å². The third kappa shape index (κ3) is 11.4. The molecule has 5 aromatic rings. The zero-order valence-corrected chi connectivity index (χ0v) is 32.7. The topological polar surface area (TPSA) is 162 Å². The Labute approximate surface area is 330 Å². The first-order valence-electron chi connectivity index (χ1n) is 17.6. The summed E-state index contributed by atoms with van der Waals surface area (Å²) in [6.07, 6.45) is 9.27. The molecule has 0 unspecified atom stereocenters. The number of benzene rings is 4. The second-order valence-corrected chi connectivity index (χ2v) is 13.9. The van der Waals surface area contributed by atoms with Crippen molar-refractivity contribution in [1.29, 1.82) is 0 Å². The minimum atomic E-state index is -1.03. The Hall–Kier alpha value is -6.14. The number of nitrogens with one attached hydrogen (secondary N) is 4. The van der Waals surface area contributed by atoms with Crippen molar-refractivity contribution in [2.45, 2.75) is 26.2 Å². The van der Waals surface area contributed by atoms with E-state index in [1.807, 2.05) is 42.7 Å². The number of carbonyl (C=O) groups excluding carboxylic acids is 1. The van der Waals surface area contributed by atoms with E-state index in [1.54, 1.807) is 55.8 Å². The molecule has 0 spiro atoms. The highest BCUT2D eigenvalue weighted by molar-refractivity contribution is 7.99. The molecule has 5 rings (SSSR count). The number of urea groups is 1. The van der Waals surface area contributed by atoms with Crippen molar-refractivity contribution >= 4 is 63.3 Å². The van der Waals surface area contributed by atoms with Gasteiger partial charge in [0.25, 0.3) is 0 Å². The highest BCUT2D eigenvalue weighted by atomic mass is 32.2. The lowest BCUT2D eigenvalue weighted by Gasteiger charge is -2.24. The Morgan fingerprint density at radius 2 is 1.59 bits per heavy atom. The van der Waals surface area contributed by atoms with Crippen molar-refractivity contribution in [3.63, 3.8) is 0 Å². The van der Waals surface area contributed by atoms with Gasteiger partial charge in [-0.05, 0) is 53.4 Å². The molecule has 5 N–H and O–H groups in total. The first-order chi connectivity index (χ1) is 27.0. The highest BCUT2D eigenvalue weighted by Gasteiger charge is 2.21. The Balaban J connectivity index is 1.27. The van der Waals surface area contributed by atoms with E-state index in [0.717, 1.165) is 22.0 Å². The number of carboxylic acid groups (broad SMARTS) is 1. The number of hydrogen-bond acceptors (Lipinski definition) is 11. The average Bonchev–Trinajstić information content (AvgIpc) is 3.16. The number of carboxylic acids is 1. The van der Waals surface area contributed by atoms with E-state index in [4.69, 9.17) is 35.2 Å². The maximum absolute atomic E-state index is 13.5. The third-order valence-electron chi connectivity index (χ3n) is 8.15. The fourth-order valence-corrected chi connectivity index (χ4v) is 5.93. The number of amides is 2. The van der Waals surface area contributed by atoms with Gasteiger partial charge in [0.2, 0.25) is 0 Å². The van der Waals surface area contributed by atoms with Crippen molar-refractivity contribution in [1.82, 2.24) is 4.98 Å². The largest absolute Gasteiger partial charge is 0.492 e. The van der Waals surface area contributed by atoms with E-state index in [9.17, 15) is 9.59 Å². The number of ether oxygens (including phenoxy) is 5. The maximum atomic E-state index is 13.5. The molecule has 0 aliphatic carbocycles. The van der Waals surface area contributed by atoms with Gasteiger partial charge in [-0.25, -0.2) is 14.6 Å². The lowest BCUT2D eigenvalue weighted by atomic mass is 9.86. The standard InChI is InChI=1S/C42H45N5O8S/c1-7-27-20-29(24-31(21-27)54-19-18-52-16-17-53-26-39(48)49)44-38-25-30(14-15-43-38)55-37-13-12-34(32-10-8-9-11-33(32)37)45-41(50)46-35-22-28(42(2,3)4)23-36(47-56-6)40(35)51-5/h1,8-15,20-25,47H,16-19,26H2,2-6H3,(H,43,44)(H,48,49)(H2,45,46,50). The Bertz CT molecular complexity index is 2200. The molecule has 0 atom stereocenters. The summed E-state index contributed by atoms with van der Waals surface area (Å²) in [5, 5.41) is 19.5. The van der Waals surface area contributed by atoms with Crippen LogP contribution >= 0.6 is 11.9 Å². The fraction of sp³-hybridized carbons (Fsp3) is 0.262. The molecule has 14 heteroatoms. The number of aromatic nitrogens is 1. The van der Waals surface area contributed by atoms with Gasteiger partial charge in [-0.2, -0.15) is 0 Å². The lowest BCUT2D eigenvalue weighted by Crippen LogP contribution is -2.21. The molecule has 0 aliphatic rings. The van der Waals surface area contributed by atoms with Gasteiger partial charge >= 0.3 is 12.0 Å². The van der Waals surface area contributed by atoms with Crippen LogP contribution in [-0.2, 0) is 19.7 Å². The molecule has 2 amide bonds. The molecule has 13 nitrogen and oxygen atoms in total. The Morgan fingerprint density at radius 3 is 2.32 bits per heavy atom. The summed E-state index contributed by atoms with van der Waals surface area (Å²) in [7, 11) is 1.58. The molecular formula is C42H45N5O8S. The minimum absolute atomic E-state index is 0.168. The SMILES string of the molecule is C#Cc1cc(Nc2cc(Oc3ccc(NC(=O)Nc4cc(C(C)(C)C)cc(NSC)c4OC)c4ccccc34)ccn2)cc(OCCOCCOCC(=O)O)c1. The van der Waals surface area contributed by atoms with Crippen molar-refractivity contribution < 1.29 is 38.4 Å². The number of carbonyl (C=O) groups is 2. The predicted octanol–water partition coefficient (Wildman–Crippen LogP) is 8.89. The summed E-state index contributed by atoms with van der Waals surface area (Å²) >= 11 is 1.44. The van der Waals surface area contributed by atoms with Crippen LogP contribution in [0.4, 0.5) is 33.4 Å². The fourth-order valence-electron chi connectivity index (χ4n) is 5.56. The van der Waals surface area contributed by atoms with Crippen LogP contribution in [0.3, 0.4) is 0 Å². The van der Waals surface area contributed by atoms with Crippen molar-refractivity contribution in [3.8, 4) is 35.3 Å². The summed E-state index contributed by atoms with van der Waals surface area (Å²) in [5.41, 5.74) is 4.02. The first-order valence-corrected chi connectivity index (χ1v) is 18.8. The number of rotatable bonds is 18. The smallest absolute Gasteiger partial charge is 0.329 e. The van der Waals surface area contributed by atoms with Crippen LogP contribution in [0.5, 0.6) is 23.0 Å². The summed E-state index contributed by atoms with van der Waals surface area (Å²) in [4.78, 5) is 28.5. The number of terminal acetylenes is 1. The van der Waals surface area contributed by atoms with Crippen molar-refractivity contribution in [2.75, 3.05) is 67.1 Å². The van der Waals surface area contributed by atoms with Gasteiger partial charge in [0.15, 0.2) is 5.75 Å². The van der Waals surface area contributed by atoms with Gasteiger partial charge in [0, 0.05) is 46.6 Å². The number of hydrogen-bond donors (Lipinski definition) is 5. The Kier molecular flexibility index (Phi) is 14.2. The Morgan fingerprint density at radius 1 is 0.857 bits per heavy atom. The maximum Gasteiger partial charge on any atom is 0.329 e. The number of aliphatic carboxylic acids is 1. The van der Waals surface area contributed by atoms with Gasteiger partial charge in [-0.15, -0.1) is 6.42 Å². The molecule has 0 saturated carbocycles. The van der Waals surface area contributed by atoms with E-state index in [1.165, 1.54) is 11.9 Å². The van der Waals surface area contributed by atoms with Crippen molar-refractivity contribution in [3.05, 3.63) is 96.2 Å². The minimum Gasteiger partial charge on any atom is -0.492 e. The quantitative estimate of drug-likeness (QED) is 0.0327. The molecular weight excluding hydrogens is 735 g/mol. The number of nitrogens with zero attached hydrogens (tertiary/aromatic N) is 1. The van der Waals surface area contributed by atoms with Crippen LogP contribution in [0.15, 0.2) is 85.1 Å². The zero-order chi connectivity index (χ0) is 40.1. The zero-order valence-electron chi connectivity index (χ0n) is 31.9. The normalized spacial score (nSPS) is 11.0. The highest BCUT2D eigenvalue weighted by Crippen LogP contribution is 2.40. The van der Waals surface area contributed by atoms with Gasteiger partial charge < -0.3 is 49.5 Å². The van der Waals surface area contributed by atoms with Crippen LogP contribution in [0.25, 0.3) is 10.8 Å². The first kappa shape index (κ1) is 41.0. The van der Waals surface area contributed by atoms with Gasteiger partial charge in [-0.1, -0.05) is 62.9 Å². The summed E-state index contributed by atoms with van der Waals surface area (Å²) in [6.45, 7) is 6.90. The molecule has 1 heterocycles. The summed E-state index contributed by atoms with van der Waals surface area (Å²) in [5.74, 6) is 4.28. The van der Waals surface area contributed by atoms with E-state index < -0.39 is 12.0 Å². The lowest BCUT2D eigenvalue weighted by molar-refractivity contribution is -0.142. The van der Waals surface area contributed by atoms with Gasteiger partial charge in [-0.3, -0.25) is 0 Å². The van der Waals surface area contributed by atoms with E-state index in [0.29, 0.717) is 51.4 Å². The molecule has 292 valence electrons. The summed E-state index contributed by atoms with van der Waals surface area (Å²) in [6, 6.07) is 23.6. The molecule has 0 saturated heterocycles. The van der Waals surface area contributed by atoms with Crippen LogP contribution in [0, 0.1) is 12.3 Å². The molecule has 0 radical (unpaired) electrons. The molecule has 0 fully saturated rings. The number of pyridine rings is 1. The third-order valence-corrected chi connectivity index (χ3v) is 8.57. The molecule has 1 aromatic heterocycles. The molecule has 56 heavy (non-hydrogen) atoms. The monoisotopic (exact) mass is 779 g/mol. The van der Waals surface area contributed by atoms with Gasteiger partial charge in [0.05, 0.1) is 44.0 Å². The molecule has 4 aromatic carbocycles. The van der Waals surface area contributed by atoms with E-state index in [2.05, 4.69) is 52.3 Å². The second kappa shape index (κ2) is 19.4. The van der Waals surface area contributed by atoms with E-state index >= 15 is 0 Å². The van der Waals surface area contributed by atoms with Crippen LogP contribution in [0.1, 0.15) is 31.9 Å². The van der Waals surface area contributed by atoms with Crippen molar-refractivity contribution in [2.24, 2.45) is 0 Å². The summed E-state index contributed by atoms with van der Waals surface area (Å²) < 4.78 is 31.6. The van der Waals surface area contributed by atoms with E-state index in [-0.39, 0.29) is 38.4 Å². The van der Waals surface area contributed by atoms with Crippen LogP contribution in [-0.4, -0.2) is 68.5 Å². The number of anilines is 5. The number of methoxy groups -OCH3 is 1.